The third kappa shape index (κ3) is 15.8. The fourth-order valence-corrected chi connectivity index (χ4v) is 0.332. The van der Waals surface area contributed by atoms with Crippen LogP contribution < -0.4 is 5.32 Å². The molecule has 0 spiro atoms. The minimum Gasteiger partial charge on any atom is -0.333 e. The van der Waals surface area contributed by atoms with E-state index >= 15 is 0 Å². The topological polar surface area (TPSA) is 41.5 Å². The summed E-state index contributed by atoms with van der Waals surface area (Å²) in [5.41, 5.74) is 0. The fraction of sp³-hybridized carbons (Fsp3) is 0.333. The van der Waals surface area contributed by atoms with E-state index < -0.39 is 0 Å². The molecule has 0 atom stereocenters. The Hall–Kier alpha value is -1.38. The molecule has 68 valence electrons. The maximum Gasteiger partial charge on any atom is 0.220 e. The maximum absolute atomic E-state index is 10.3. The van der Waals surface area contributed by atoms with E-state index in [4.69, 9.17) is 0 Å². The standard InChI is InChI=1S/C7H10N2O.C2H6/c1-7(10)9-6-4-3-5-8-2;1-2/h3-6H,2H2,1H3,(H,9,10);1-2H3/b5-3-,6-4+;. The van der Waals surface area contributed by atoms with E-state index in [1.54, 1.807) is 12.2 Å². The van der Waals surface area contributed by atoms with Crippen molar-refractivity contribution in [3.63, 3.8) is 0 Å². The predicted octanol–water partition coefficient (Wildman–Crippen LogP) is 1.88. The number of nitrogens with zero attached hydrogens (tertiary/aromatic N) is 1. The van der Waals surface area contributed by atoms with Crippen molar-refractivity contribution < 1.29 is 4.79 Å². The normalized spacial score (nSPS) is 9.25. The van der Waals surface area contributed by atoms with Crippen LogP contribution >= 0.6 is 0 Å². The van der Waals surface area contributed by atoms with Gasteiger partial charge in [0.25, 0.3) is 0 Å². The first-order valence-electron chi connectivity index (χ1n) is 3.82. The Morgan fingerprint density at radius 1 is 1.42 bits per heavy atom. The second-order valence-electron chi connectivity index (χ2n) is 1.58. The third-order valence-corrected chi connectivity index (χ3v) is 0.685. The molecule has 3 nitrogen and oxygen atoms in total. The van der Waals surface area contributed by atoms with Crippen molar-refractivity contribution in [1.82, 2.24) is 5.32 Å². The zero-order chi connectivity index (χ0) is 9.82. The lowest BCUT2D eigenvalue weighted by Gasteiger charge is -1.86. The van der Waals surface area contributed by atoms with Gasteiger partial charge in [0.2, 0.25) is 5.91 Å². The number of allylic oxidation sites excluding steroid dienone is 2. The molecule has 3 heteroatoms. The van der Waals surface area contributed by atoms with E-state index in [0.717, 1.165) is 0 Å². The van der Waals surface area contributed by atoms with Crippen molar-refractivity contribution in [2.45, 2.75) is 20.8 Å². The van der Waals surface area contributed by atoms with Crippen LogP contribution in [-0.4, -0.2) is 12.6 Å². The van der Waals surface area contributed by atoms with Gasteiger partial charge in [-0.25, -0.2) is 0 Å². The molecule has 0 saturated heterocycles. The highest BCUT2D eigenvalue weighted by atomic mass is 16.1. The summed E-state index contributed by atoms with van der Waals surface area (Å²) in [6, 6.07) is 0. The van der Waals surface area contributed by atoms with Crippen molar-refractivity contribution in [2.24, 2.45) is 4.99 Å². The van der Waals surface area contributed by atoms with Crippen LogP contribution in [0.25, 0.3) is 0 Å². The number of aliphatic imine (C=N–C) groups is 1. The summed E-state index contributed by atoms with van der Waals surface area (Å²) >= 11 is 0. The Balaban J connectivity index is 0. The molecule has 0 heterocycles. The molecule has 0 aromatic rings. The zero-order valence-corrected chi connectivity index (χ0v) is 7.87. The minimum absolute atomic E-state index is 0.0868. The first-order valence-corrected chi connectivity index (χ1v) is 3.82. The number of hydrogen-bond donors (Lipinski definition) is 1. The first-order chi connectivity index (χ1) is 5.77. The smallest absolute Gasteiger partial charge is 0.220 e. The van der Waals surface area contributed by atoms with Gasteiger partial charge < -0.3 is 5.32 Å². The molecule has 0 aliphatic rings. The summed E-state index contributed by atoms with van der Waals surface area (Å²) in [6.07, 6.45) is 6.39. The molecule has 0 aromatic heterocycles. The average molecular weight is 168 g/mol. The van der Waals surface area contributed by atoms with Crippen LogP contribution in [0.4, 0.5) is 0 Å². The molecule has 0 bridgehead atoms. The largest absolute Gasteiger partial charge is 0.333 e. The van der Waals surface area contributed by atoms with Crippen LogP contribution in [0.15, 0.2) is 29.5 Å². The Kier molecular flexibility index (Phi) is 13.6. The number of carbonyl (C=O) groups excluding carboxylic acids is 1. The van der Waals surface area contributed by atoms with Gasteiger partial charge >= 0.3 is 0 Å². The van der Waals surface area contributed by atoms with Gasteiger partial charge in [-0.3, -0.25) is 9.79 Å². The monoisotopic (exact) mass is 168 g/mol. The van der Waals surface area contributed by atoms with Crippen molar-refractivity contribution in [3.8, 4) is 0 Å². The third-order valence-electron chi connectivity index (χ3n) is 0.685. The number of carbonyl (C=O) groups is 1. The molecule has 0 fully saturated rings. The molecule has 1 amide bonds. The SMILES string of the molecule is C=N/C=C\C=C\NC(C)=O.CC. The highest BCUT2D eigenvalue weighted by Gasteiger charge is 1.78. The maximum atomic E-state index is 10.3. The van der Waals surface area contributed by atoms with Crippen LogP contribution in [0.2, 0.25) is 0 Å². The predicted molar refractivity (Wildman–Crippen MR) is 53.0 cm³/mol. The van der Waals surface area contributed by atoms with Crippen LogP contribution in [0, 0.1) is 0 Å². The Morgan fingerprint density at radius 2 is 2.00 bits per heavy atom. The van der Waals surface area contributed by atoms with Gasteiger partial charge in [0.15, 0.2) is 0 Å². The summed E-state index contributed by atoms with van der Waals surface area (Å²) in [6.45, 7) is 8.68. The molecule has 0 aliphatic heterocycles. The van der Waals surface area contributed by atoms with Gasteiger partial charge in [0.05, 0.1) is 0 Å². The summed E-state index contributed by atoms with van der Waals surface area (Å²) < 4.78 is 0. The number of amides is 1. The molecule has 0 radical (unpaired) electrons. The summed E-state index contributed by atoms with van der Waals surface area (Å²) in [5, 5.41) is 2.47. The van der Waals surface area contributed by atoms with Crippen molar-refractivity contribution in [2.75, 3.05) is 0 Å². The van der Waals surface area contributed by atoms with Crippen molar-refractivity contribution in [3.05, 3.63) is 24.6 Å². The van der Waals surface area contributed by atoms with Gasteiger partial charge in [-0.1, -0.05) is 13.8 Å². The van der Waals surface area contributed by atoms with E-state index in [1.165, 1.54) is 19.3 Å². The molecule has 0 unspecified atom stereocenters. The number of rotatable bonds is 3. The van der Waals surface area contributed by atoms with E-state index in [0.29, 0.717) is 0 Å². The molecule has 0 aliphatic carbocycles. The molecule has 0 rings (SSSR count). The van der Waals surface area contributed by atoms with Gasteiger partial charge in [0.1, 0.15) is 0 Å². The quantitative estimate of drug-likeness (QED) is 0.507. The van der Waals surface area contributed by atoms with Crippen LogP contribution in [0.3, 0.4) is 0 Å². The zero-order valence-electron chi connectivity index (χ0n) is 7.87. The lowest BCUT2D eigenvalue weighted by atomic mass is 10.5. The second-order valence-corrected chi connectivity index (χ2v) is 1.58. The Bertz CT molecular complexity index is 171. The molecule has 0 saturated carbocycles. The first kappa shape index (κ1) is 13.2. The number of hydrogen-bond acceptors (Lipinski definition) is 2. The van der Waals surface area contributed by atoms with Crippen molar-refractivity contribution in [1.29, 1.82) is 0 Å². The Morgan fingerprint density at radius 3 is 2.42 bits per heavy atom. The highest BCUT2D eigenvalue weighted by molar-refractivity contribution is 5.73. The molecule has 12 heavy (non-hydrogen) atoms. The lowest BCUT2D eigenvalue weighted by Crippen LogP contribution is -2.10. The van der Waals surface area contributed by atoms with Gasteiger partial charge in [-0.15, -0.1) is 0 Å². The van der Waals surface area contributed by atoms with Gasteiger partial charge in [-0.05, 0) is 18.9 Å². The summed E-state index contributed by atoms with van der Waals surface area (Å²) in [4.78, 5) is 13.7. The van der Waals surface area contributed by atoms with E-state index in [9.17, 15) is 4.79 Å². The molecule has 0 aromatic carbocycles. The highest BCUT2D eigenvalue weighted by Crippen LogP contribution is 1.74. The molecular weight excluding hydrogens is 152 g/mol. The summed E-state index contributed by atoms with van der Waals surface area (Å²) in [5.74, 6) is -0.0868. The van der Waals surface area contributed by atoms with Crippen LogP contribution in [-0.2, 0) is 4.79 Å². The second kappa shape index (κ2) is 12.3. The van der Waals surface area contributed by atoms with Gasteiger partial charge in [-0.2, -0.15) is 0 Å². The van der Waals surface area contributed by atoms with E-state index in [2.05, 4.69) is 17.0 Å². The summed E-state index contributed by atoms with van der Waals surface area (Å²) in [7, 11) is 0. The number of nitrogens with one attached hydrogen (secondary N) is 1. The lowest BCUT2D eigenvalue weighted by molar-refractivity contribution is -0.118. The van der Waals surface area contributed by atoms with Crippen LogP contribution in [0.5, 0.6) is 0 Å². The van der Waals surface area contributed by atoms with Gasteiger partial charge in [0, 0.05) is 19.3 Å². The van der Waals surface area contributed by atoms with Crippen molar-refractivity contribution >= 4 is 12.6 Å². The van der Waals surface area contributed by atoms with E-state index in [1.807, 2.05) is 13.8 Å². The van der Waals surface area contributed by atoms with E-state index in [-0.39, 0.29) is 5.91 Å². The van der Waals surface area contributed by atoms with Crippen LogP contribution in [0.1, 0.15) is 20.8 Å². The Labute approximate surface area is 73.9 Å². The fourth-order valence-electron chi connectivity index (χ4n) is 0.332. The molecular formula is C9H16N2O. The molecule has 1 N–H and O–H groups in total. The average Bonchev–Trinajstić information content (AvgIpc) is 2.07. The minimum atomic E-state index is -0.0868.